The molecule has 0 heterocycles. The van der Waals surface area contributed by atoms with Gasteiger partial charge in [0, 0.05) is 0 Å². The molecule has 0 saturated carbocycles. The molecular weight excluding hydrogens is 505 g/mol. The first kappa shape index (κ1) is 35.7. The first-order valence-corrected chi connectivity index (χ1v) is 17.9. The molecule has 0 fully saturated rings. The summed E-state index contributed by atoms with van der Waals surface area (Å²) < 4.78 is 0. The molecule has 0 amide bonds. The Kier molecular flexibility index (Phi) is 30.3. The van der Waals surface area contributed by atoms with Gasteiger partial charge in [0.1, 0.15) is 0 Å². The molecule has 0 rings (SSSR count). The van der Waals surface area contributed by atoms with Crippen LogP contribution in [0.2, 0.25) is 0 Å². The molecule has 0 N–H and O–H groups in total. The molecule has 1 atom stereocenters. The molecule has 0 aromatic carbocycles. The summed E-state index contributed by atoms with van der Waals surface area (Å²) in [7, 11) is 0. The van der Waals surface area contributed by atoms with E-state index >= 15 is 0 Å². The van der Waals surface area contributed by atoms with E-state index in [-0.39, 0.29) is 19.5 Å². The number of hydrogen-bond acceptors (Lipinski definition) is 4. The van der Waals surface area contributed by atoms with E-state index in [1.54, 1.807) is 0 Å². The first-order chi connectivity index (χ1) is 15.0. The van der Waals surface area contributed by atoms with Gasteiger partial charge in [0.05, 0.1) is 0 Å². The number of hydrogen-bond donors (Lipinski definition) is 0. The minimum absolute atomic E-state index is 0. The van der Waals surface area contributed by atoms with Crippen LogP contribution in [-0.2, 0) is 31.3 Å². The van der Waals surface area contributed by atoms with E-state index in [2.05, 4.69) is 25.7 Å². The Labute approximate surface area is 223 Å². The van der Waals surface area contributed by atoms with Gasteiger partial charge in [-0.15, -0.1) is 11.8 Å². The quantitative estimate of drug-likeness (QED) is 0.0638. The number of unbranched alkanes of at least 4 members (excludes halogenated alkanes) is 17. The SMILES string of the molecule is CCCCC(CC)CCCCCCCCCCCCCCCCCCCSP([O-])([O-])=S.[Zn+2]. The molecule has 2 nitrogen and oxygen atoms in total. The number of rotatable bonds is 25. The van der Waals surface area contributed by atoms with Crippen molar-refractivity contribution in [1.29, 1.82) is 0 Å². The summed E-state index contributed by atoms with van der Waals surface area (Å²) in [4.78, 5) is 21.7. The zero-order valence-electron chi connectivity index (χ0n) is 21.6. The Morgan fingerprint density at radius 3 is 1.28 bits per heavy atom. The van der Waals surface area contributed by atoms with Gasteiger partial charge in [-0.2, -0.15) is 17.1 Å². The van der Waals surface area contributed by atoms with Gasteiger partial charge in [0.25, 0.3) is 0 Å². The fraction of sp³-hybridized carbons (Fsp3) is 1.00. The second-order valence-corrected chi connectivity index (χ2v) is 15.4. The minimum atomic E-state index is -3.52. The molecule has 0 aromatic heterocycles. The normalized spacial score (nSPS) is 12.6. The summed E-state index contributed by atoms with van der Waals surface area (Å²) in [5, 5.41) is 0. The van der Waals surface area contributed by atoms with E-state index in [0.717, 1.165) is 30.1 Å². The van der Waals surface area contributed by atoms with Crippen molar-refractivity contribution in [2.24, 2.45) is 5.92 Å². The molecule has 0 aliphatic heterocycles. The van der Waals surface area contributed by atoms with Crippen LogP contribution in [0, 0.1) is 5.92 Å². The first-order valence-electron chi connectivity index (χ1n) is 13.7. The monoisotopic (exact) mass is 556 g/mol. The fourth-order valence-electron chi connectivity index (χ4n) is 4.41. The second-order valence-electron chi connectivity index (χ2n) is 9.50. The van der Waals surface area contributed by atoms with Crippen LogP contribution >= 0.6 is 17.1 Å². The van der Waals surface area contributed by atoms with Crippen molar-refractivity contribution in [3.05, 3.63) is 0 Å². The van der Waals surface area contributed by atoms with Crippen LogP contribution < -0.4 is 9.79 Å². The van der Waals surface area contributed by atoms with Crippen LogP contribution in [-0.4, -0.2) is 5.75 Å². The van der Waals surface area contributed by atoms with Crippen LogP contribution in [0.5, 0.6) is 0 Å². The molecule has 0 bridgehead atoms. The molecule has 0 spiro atoms. The van der Waals surface area contributed by atoms with E-state index in [1.807, 2.05) is 0 Å². The molecule has 0 aliphatic carbocycles. The summed E-state index contributed by atoms with van der Waals surface area (Å²) in [6.45, 7) is 4.68. The van der Waals surface area contributed by atoms with E-state index < -0.39 is 5.69 Å². The molecular formula is C26H53O2PS2Zn. The van der Waals surface area contributed by atoms with Gasteiger partial charge in [-0.05, 0) is 18.1 Å². The molecule has 1 unspecified atom stereocenters. The topological polar surface area (TPSA) is 46.1 Å². The van der Waals surface area contributed by atoms with Crippen molar-refractivity contribution in [1.82, 2.24) is 0 Å². The van der Waals surface area contributed by atoms with Crippen LogP contribution in [0.15, 0.2) is 0 Å². The van der Waals surface area contributed by atoms with E-state index in [4.69, 9.17) is 0 Å². The summed E-state index contributed by atoms with van der Waals surface area (Å²) in [5.41, 5.74) is -3.52. The van der Waals surface area contributed by atoms with Crippen molar-refractivity contribution < 1.29 is 29.3 Å². The van der Waals surface area contributed by atoms with Gasteiger partial charge in [-0.1, -0.05) is 149 Å². The van der Waals surface area contributed by atoms with Crippen LogP contribution in [0.3, 0.4) is 0 Å². The van der Waals surface area contributed by atoms with Crippen molar-refractivity contribution in [3.63, 3.8) is 0 Å². The Morgan fingerprint density at radius 2 is 0.938 bits per heavy atom. The van der Waals surface area contributed by atoms with E-state index in [9.17, 15) is 9.79 Å². The van der Waals surface area contributed by atoms with Gasteiger partial charge >= 0.3 is 19.5 Å². The van der Waals surface area contributed by atoms with E-state index in [0.29, 0.717) is 5.75 Å². The Bertz CT molecular complexity index is 407. The molecule has 6 heteroatoms. The summed E-state index contributed by atoms with van der Waals surface area (Å²) >= 11 is 5.33. The van der Waals surface area contributed by atoms with Crippen molar-refractivity contribution in [2.75, 3.05) is 5.75 Å². The largest absolute Gasteiger partial charge is 2.00 e. The third-order valence-corrected chi connectivity index (χ3v) is 9.78. The van der Waals surface area contributed by atoms with Crippen LogP contribution in [0.25, 0.3) is 0 Å². The fourth-order valence-corrected chi connectivity index (χ4v) is 6.69. The molecule has 0 aliphatic rings. The minimum Gasteiger partial charge on any atom is -0.825 e. The molecule has 0 aromatic rings. The standard InChI is InChI=1S/C26H55O2PS2.Zn/c1-3-5-23-26(4-2)24-21-19-17-15-13-11-9-7-6-8-10-12-14-16-18-20-22-25-31-29(27,28)30;/h26H,3-25H2,1-2H3,(H2,27,28,30);/q;+2/p-2. The zero-order chi connectivity index (χ0) is 23.0. The third-order valence-electron chi connectivity index (χ3n) is 6.55. The third kappa shape index (κ3) is 29.6. The van der Waals surface area contributed by atoms with Gasteiger partial charge in [0.2, 0.25) is 0 Å². The van der Waals surface area contributed by atoms with Crippen molar-refractivity contribution >= 4 is 28.9 Å². The average molecular weight is 558 g/mol. The Morgan fingerprint density at radius 1 is 0.594 bits per heavy atom. The smallest absolute Gasteiger partial charge is 0.825 e. The van der Waals surface area contributed by atoms with Gasteiger partial charge in [0.15, 0.2) is 0 Å². The Balaban J connectivity index is 0. The van der Waals surface area contributed by atoms with Gasteiger partial charge in [-0.25, -0.2) is 0 Å². The van der Waals surface area contributed by atoms with Crippen LogP contribution in [0.4, 0.5) is 0 Å². The van der Waals surface area contributed by atoms with Crippen LogP contribution in [0.1, 0.15) is 155 Å². The van der Waals surface area contributed by atoms with Gasteiger partial charge in [-0.3, -0.25) is 0 Å². The summed E-state index contributed by atoms with van der Waals surface area (Å²) in [6, 6.07) is 0. The Hall–Kier alpha value is 1.54. The molecule has 32 heavy (non-hydrogen) atoms. The maximum absolute atomic E-state index is 10.9. The maximum atomic E-state index is 10.9. The molecule has 0 radical (unpaired) electrons. The predicted molar refractivity (Wildman–Crippen MR) is 143 cm³/mol. The molecule has 0 saturated heterocycles. The average Bonchev–Trinajstić information content (AvgIpc) is 2.73. The zero-order valence-corrected chi connectivity index (χ0v) is 27.1. The predicted octanol–water partition coefficient (Wildman–Crippen LogP) is 8.90. The maximum Gasteiger partial charge on any atom is 2.00 e. The molecule has 188 valence electrons. The van der Waals surface area contributed by atoms with Crippen molar-refractivity contribution in [2.45, 2.75) is 155 Å². The van der Waals surface area contributed by atoms with Crippen molar-refractivity contribution in [3.8, 4) is 0 Å². The summed E-state index contributed by atoms with van der Waals surface area (Å²) in [5.74, 6) is 1.66. The van der Waals surface area contributed by atoms with Gasteiger partial charge < -0.3 is 9.79 Å². The summed E-state index contributed by atoms with van der Waals surface area (Å²) in [6.07, 6.45) is 30.2. The second kappa shape index (κ2) is 27.1. The van der Waals surface area contributed by atoms with E-state index in [1.165, 1.54) is 128 Å².